The highest BCUT2D eigenvalue weighted by Crippen LogP contribution is 2.23. The third-order valence-electron chi connectivity index (χ3n) is 5.05. The van der Waals surface area contributed by atoms with Gasteiger partial charge in [0.1, 0.15) is 11.5 Å². The van der Waals surface area contributed by atoms with Crippen LogP contribution >= 0.6 is 0 Å². The van der Waals surface area contributed by atoms with Crippen LogP contribution in [0.15, 0.2) is 71.8 Å². The zero-order chi connectivity index (χ0) is 25.4. The number of carbonyl (C=O) groups excluding carboxylic acids is 2. The third-order valence-corrected chi connectivity index (χ3v) is 5.05. The topological polar surface area (TPSA) is 120 Å². The van der Waals surface area contributed by atoms with Gasteiger partial charge in [-0.15, -0.1) is 0 Å². The van der Waals surface area contributed by atoms with Crippen LogP contribution in [0.3, 0.4) is 0 Å². The van der Waals surface area contributed by atoms with Crippen LogP contribution in [-0.2, 0) is 4.79 Å². The van der Waals surface area contributed by atoms with E-state index in [0.29, 0.717) is 17.2 Å². The molecular formula is C26H25N3O6. The summed E-state index contributed by atoms with van der Waals surface area (Å²) in [7, 11) is 0. The van der Waals surface area contributed by atoms with Crippen LogP contribution in [0.2, 0.25) is 0 Å². The van der Waals surface area contributed by atoms with E-state index in [0.717, 1.165) is 5.56 Å². The zero-order valence-corrected chi connectivity index (χ0v) is 19.6. The molecule has 9 heteroatoms. The number of hydrogen-bond donors (Lipinski definition) is 1. The second kappa shape index (κ2) is 11.6. The highest BCUT2D eigenvalue weighted by molar-refractivity contribution is 5.93. The van der Waals surface area contributed by atoms with Crippen LogP contribution in [-0.4, -0.2) is 29.6 Å². The molecule has 0 aromatic heterocycles. The lowest BCUT2D eigenvalue weighted by Gasteiger charge is -2.11. The van der Waals surface area contributed by atoms with Gasteiger partial charge < -0.3 is 9.47 Å². The number of ether oxygens (including phenoxy) is 2. The smallest absolute Gasteiger partial charge is 0.343 e. The molecule has 0 aliphatic rings. The minimum Gasteiger partial charge on any atom is -0.483 e. The number of rotatable bonds is 9. The number of nitro benzene ring substituents is 1. The van der Waals surface area contributed by atoms with Crippen LogP contribution in [0.25, 0.3) is 0 Å². The average molecular weight is 476 g/mol. The van der Waals surface area contributed by atoms with Gasteiger partial charge in [0.2, 0.25) is 0 Å². The van der Waals surface area contributed by atoms with E-state index in [1.807, 2.05) is 25.1 Å². The van der Waals surface area contributed by atoms with Crippen LogP contribution in [0.4, 0.5) is 5.69 Å². The molecule has 0 fully saturated rings. The first-order valence-electron chi connectivity index (χ1n) is 10.9. The lowest BCUT2D eigenvalue weighted by Crippen LogP contribution is -2.24. The highest BCUT2D eigenvalue weighted by Gasteiger charge is 2.13. The number of hydrazone groups is 1. The minimum absolute atomic E-state index is 0.128. The lowest BCUT2D eigenvalue weighted by molar-refractivity contribution is -0.384. The predicted molar refractivity (Wildman–Crippen MR) is 131 cm³/mol. The summed E-state index contributed by atoms with van der Waals surface area (Å²) < 4.78 is 11.0. The maximum absolute atomic E-state index is 12.4. The molecule has 3 aromatic carbocycles. The molecule has 3 aromatic rings. The van der Waals surface area contributed by atoms with E-state index < -0.39 is 16.8 Å². The standard InChI is InChI=1S/C26H25N3O6/c1-17(2)20-10-13-23(18(3)14-20)34-16-25(30)28-27-15-21-6-4-5-7-24(21)35-26(31)19-8-11-22(12-9-19)29(32)33/h4-15,17H,16H2,1-3H3,(H,28,30)/b27-15+. The van der Waals surface area contributed by atoms with Crippen LogP contribution in [0, 0.1) is 17.0 Å². The molecule has 3 rings (SSSR count). The van der Waals surface area contributed by atoms with Crippen molar-refractivity contribution >= 4 is 23.8 Å². The highest BCUT2D eigenvalue weighted by atomic mass is 16.6. The van der Waals surface area contributed by atoms with Crippen molar-refractivity contribution < 1.29 is 24.0 Å². The maximum atomic E-state index is 12.4. The average Bonchev–Trinajstić information content (AvgIpc) is 2.84. The largest absolute Gasteiger partial charge is 0.483 e. The van der Waals surface area contributed by atoms with E-state index in [1.165, 1.54) is 36.0 Å². The molecule has 0 aliphatic heterocycles. The Balaban J connectivity index is 1.57. The van der Waals surface area contributed by atoms with Gasteiger partial charge in [0.05, 0.1) is 16.7 Å². The molecule has 0 atom stereocenters. The fourth-order valence-electron chi connectivity index (χ4n) is 3.10. The zero-order valence-electron chi connectivity index (χ0n) is 19.6. The molecule has 0 bridgehead atoms. The van der Waals surface area contributed by atoms with Crippen LogP contribution < -0.4 is 14.9 Å². The maximum Gasteiger partial charge on any atom is 0.343 e. The Hall–Kier alpha value is -4.53. The number of nitrogens with one attached hydrogen (secondary N) is 1. The molecule has 0 saturated carbocycles. The SMILES string of the molecule is Cc1cc(C(C)C)ccc1OCC(=O)N/N=C/c1ccccc1OC(=O)c1ccc([N+](=O)[O-])cc1. The van der Waals surface area contributed by atoms with Gasteiger partial charge >= 0.3 is 5.97 Å². The number of benzene rings is 3. The molecule has 9 nitrogen and oxygen atoms in total. The van der Waals surface area contributed by atoms with Crippen molar-refractivity contribution in [1.29, 1.82) is 0 Å². The van der Waals surface area contributed by atoms with Gasteiger partial charge in [-0.2, -0.15) is 5.10 Å². The van der Waals surface area contributed by atoms with Gasteiger partial charge in [-0.05, 0) is 54.3 Å². The second-order valence-electron chi connectivity index (χ2n) is 7.99. The Morgan fingerprint density at radius 3 is 2.43 bits per heavy atom. The predicted octanol–water partition coefficient (Wildman–Crippen LogP) is 4.77. The lowest BCUT2D eigenvalue weighted by atomic mass is 10.0. The van der Waals surface area contributed by atoms with Crippen molar-refractivity contribution in [3.63, 3.8) is 0 Å². The van der Waals surface area contributed by atoms with E-state index in [9.17, 15) is 19.7 Å². The van der Waals surface area contributed by atoms with Crippen molar-refractivity contribution in [3.8, 4) is 11.5 Å². The monoisotopic (exact) mass is 475 g/mol. The fourth-order valence-corrected chi connectivity index (χ4v) is 3.10. The van der Waals surface area contributed by atoms with Crippen LogP contribution in [0.1, 0.15) is 46.8 Å². The summed E-state index contributed by atoms with van der Waals surface area (Å²) in [5, 5.41) is 14.7. The quantitative estimate of drug-likeness (QED) is 0.156. The molecule has 0 aliphatic carbocycles. The first kappa shape index (κ1) is 25.1. The first-order chi connectivity index (χ1) is 16.7. The summed E-state index contributed by atoms with van der Waals surface area (Å²) in [5.41, 5.74) is 4.99. The summed E-state index contributed by atoms with van der Waals surface area (Å²) in [6.45, 7) is 5.92. The molecule has 1 N–H and O–H groups in total. The molecule has 180 valence electrons. The molecule has 0 saturated heterocycles. The van der Waals surface area contributed by atoms with Gasteiger partial charge in [-0.1, -0.05) is 38.1 Å². The van der Waals surface area contributed by atoms with E-state index in [4.69, 9.17) is 9.47 Å². The van der Waals surface area contributed by atoms with Gasteiger partial charge in [0.25, 0.3) is 11.6 Å². The number of non-ortho nitro benzene ring substituents is 1. The number of amides is 1. The van der Waals surface area contributed by atoms with Crippen molar-refractivity contribution in [3.05, 3.63) is 99.1 Å². The molecule has 0 radical (unpaired) electrons. The Morgan fingerprint density at radius 2 is 1.77 bits per heavy atom. The number of para-hydroxylation sites is 1. The van der Waals surface area contributed by atoms with E-state index >= 15 is 0 Å². The van der Waals surface area contributed by atoms with E-state index in [-0.39, 0.29) is 23.6 Å². The van der Waals surface area contributed by atoms with Gasteiger partial charge in [-0.3, -0.25) is 14.9 Å². The van der Waals surface area contributed by atoms with Crippen molar-refractivity contribution in [2.45, 2.75) is 26.7 Å². The third kappa shape index (κ3) is 6.97. The number of hydrogen-bond acceptors (Lipinski definition) is 7. The Kier molecular flexibility index (Phi) is 8.29. The number of carbonyl (C=O) groups is 2. The van der Waals surface area contributed by atoms with Gasteiger partial charge in [0, 0.05) is 17.7 Å². The Labute approximate surface area is 202 Å². The second-order valence-corrected chi connectivity index (χ2v) is 7.99. The van der Waals surface area contributed by atoms with Crippen molar-refractivity contribution in [2.24, 2.45) is 5.10 Å². The van der Waals surface area contributed by atoms with Gasteiger partial charge in [-0.25, -0.2) is 10.2 Å². The number of nitrogens with zero attached hydrogens (tertiary/aromatic N) is 2. The first-order valence-corrected chi connectivity index (χ1v) is 10.9. The van der Waals surface area contributed by atoms with E-state index in [1.54, 1.807) is 24.3 Å². The van der Waals surface area contributed by atoms with Crippen LogP contribution in [0.5, 0.6) is 11.5 Å². The molecule has 35 heavy (non-hydrogen) atoms. The molecule has 0 spiro atoms. The summed E-state index contributed by atoms with van der Waals surface area (Å²) in [6.07, 6.45) is 1.35. The summed E-state index contributed by atoms with van der Waals surface area (Å²) >= 11 is 0. The molecule has 0 heterocycles. The Bertz CT molecular complexity index is 1250. The number of nitro groups is 1. The minimum atomic E-state index is -0.683. The number of esters is 1. The summed E-state index contributed by atoms with van der Waals surface area (Å²) in [5.74, 6) is 0.102. The molecule has 0 unspecified atom stereocenters. The summed E-state index contributed by atoms with van der Waals surface area (Å²) in [6, 6.07) is 17.5. The van der Waals surface area contributed by atoms with Gasteiger partial charge in [0.15, 0.2) is 6.61 Å². The molecule has 1 amide bonds. The molecular weight excluding hydrogens is 450 g/mol. The fraction of sp³-hybridized carbons (Fsp3) is 0.192. The Morgan fingerprint density at radius 1 is 1.06 bits per heavy atom. The normalized spacial score (nSPS) is 10.9. The van der Waals surface area contributed by atoms with Crippen molar-refractivity contribution in [2.75, 3.05) is 6.61 Å². The number of aryl methyl sites for hydroxylation is 1. The van der Waals surface area contributed by atoms with Crippen molar-refractivity contribution in [1.82, 2.24) is 5.43 Å². The van der Waals surface area contributed by atoms with E-state index in [2.05, 4.69) is 24.4 Å². The summed E-state index contributed by atoms with van der Waals surface area (Å²) in [4.78, 5) is 34.8.